The molecule has 0 aromatic heterocycles. The Morgan fingerprint density at radius 2 is 2.05 bits per heavy atom. The zero-order valence-electron chi connectivity index (χ0n) is 12.2. The van der Waals surface area contributed by atoms with E-state index in [2.05, 4.69) is 10.6 Å². The summed E-state index contributed by atoms with van der Waals surface area (Å²) in [4.78, 5) is 22.6. The summed E-state index contributed by atoms with van der Waals surface area (Å²) >= 11 is 0. The largest absolute Gasteiger partial charge is 0.480 e. The second kappa shape index (κ2) is 9.58. The quantitative estimate of drug-likeness (QED) is 0.565. The van der Waals surface area contributed by atoms with Gasteiger partial charge in [-0.25, -0.2) is 9.59 Å². The Labute approximate surface area is 120 Å². The molecular formula is C14H26N2O4. The van der Waals surface area contributed by atoms with Gasteiger partial charge in [-0.2, -0.15) is 0 Å². The number of urea groups is 1. The van der Waals surface area contributed by atoms with Gasteiger partial charge in [-0.15, -0.1) is 0 Å². The number of unbranched alkanes of at least 4 members (excludes halogenated alkanes) is 1. The van der Waals surface area contributed by atoms with E-state index in [1.54, 1.807) is 0 Å². The molecule has 0 spiro atoms. The molecule has 0 heterocycles. The van der Waals surface area contributed by atoms with E-state index in [0.717, 1.165) is 25.7 Å². The molecule has 116 valence electrons. The van der Waals surface area contributed by atoms with Crippen LogP contribution in [0.4, 0.5) is 4.79 Å². The van der Waals surface area contributed by atoms with E-state index in [0.29, 0.717) is 25.7 Å². The van der Waals surface area contributed by atoms with Crippen molar-refractivity contribution >= 4 is 12.0 Å². The van der Waals surface area contributed by atoms with Crippen molar-refractivity contribution in [1.29, 1.82) is 0 Å². The normalized spacial score (nSPS) is 16.9. The minimum Gasteiger partial charge on any atom is -0.480 e. The topological polar surface area (TPSA) is 87.7 Å². The van der Waals surface area contributed by atoms with Gasteiger partial charge in [0.1, 0.15) is 6.04 Å². The van der Waals surface area contributed by atoms with Crippen LogP contribution < -0.4 is 10.6 Å². The fourth-order valence-electron chi connectivity index (χ4n) is 2.32. The van der Waals surface area contributed by atoms with Crippen molar-refractivity contribution in [3.8, 4) is 0 Å². The van der Waals surface area contributed by atoms with Crippen molar-refractivity contribution in [2.45, 2.75) is 64.0 Å². The van der Waals surface area contributed by atoms with Gasteiger partial charge in [0.15, 0.2) is 0 Å². The highest BCUT2D eigenvalue weighted by Crippen LogP contribution is 2.20. The van der Waals surface area contributed by atoms with Crippen molar-refractivity contribution in [1.82, 2.24) is 10.6 Å². The summed E-state index contributed by atoms with van der Waals surface area (Å²) in [6.07, 6.45) is 7.11. The number of aliphatic carboxylic acids is 1. The maximum atomic E-state index is 11.6. The summed E-state index contributed by atoms with van der Waals surface area (Å²) < 4.78 is 5.61. The van der Waals surface area contributed by atoms with E-state index in [1.165, 1.54) is 12.8 Å². The van der Waals surface area contributed by atoms with Crippen LogP contribution in [-0.2, 0) is 9.53 Å². The Morgan fingerprint density at radius 1 is 1.35 bits per heavy atom. The Morgan fingerprint density at radius 3 is 2.65 bits per heavy atom. The first kappa shape index (κ1) is 16.8. The molecule has 1 atom stereocenters. The highest BCUT2D eigenvalue weighted by molar-refractivity contribution is 5.82. The third-order valence-corrected chi connectivity index (χ3v) is 3.49. The van der Waals surface area contributed by atoms with Crippen LogP contribution in [0, 0.1) is 0 Å². The first-order valence-electron chi connectivity index (χ1n) is 7.52. The number of ether oxygens (including phenoxy) is 1. The molecule has 0 aliphatic heterocycles. The van der Waals surface area contributed by atoms with Crippen LogP contribution in [0.3, 0.4) is 0 Å². The van der Waals surface area contributed by atoms with Crippen LogP contribution in [-0.4, -0.2) is 42.4 Å². The number of hydrogen-bond acceptors (Lipinski definition) is 3. The molecule has 0 aromatic rings. The van der Waals surface area contributed by atoms with Gasteiger partial charge in [0, 0.05) is 6.54 Å². The summed E-state index contributed by atoms with van der Waals surface area (Å²) in [6, 6.07) is -1.26. The number of amides is 2. The molecule has 2 amide bonds. The molecule has 1 aliphatic carbocycles. The van der Waals surface area contributed by atoms with Gasteiger partial charge in [-0.05, 0) is 19.3 Å². The van der Waals surface area contributed by atoms with E-state index < -0.39 is 18.0 Å². The summed E-state index contributed by atoms with van der Waals surface area (Å²) in [5, 5.41) is 14.1. The molecule has 3 N–H and O–H groups in total. The maximum absolute atomic E-state index is 11.6. The van der Waals surface area contributed by atoms with Crippen LogP contribution in [0.25, 0.3) is 0 Å². The molecule has 20 heavy (non-hydrogen) atoms. The average Bonchev–Trinajstić information content (AvgIpc) is 2.92. The minimum atomic E-state index is -0.990. The number of hydrogen-bond donors (Lipinski definition) is 3. The van der Waals surface area contributed by atoms with Crippen LogP contribution >= 0.6 is 0 Å². The predicted octanol–water partition coefficient (Wildman–Crippen LogP) is 1.89. The Balaban J connectivity index is 2.12. The lowest BCUT2D eigenvalue weighted by Gasteiger charge is -2.15. The van der Waals surface area contributed by atoms with Crippen LogP contribution in [0.5, 0.6) is 0 Å². The van der Waals surface area contributed by atoms with E-state index in [-0.39, 0.29) is 0 Å². The SMILES string of the molecule is CCCCC(NC(=O)NCCOC1CCCC1)C(=O)O. The molecule has 6 heteroatoms. The number of rotatable bonds is 9. The van der Waals surface area contributed by atoms with Crippen molar-refractivity contribution in [3.05, 3.63) is 0 Å². The monoisotopic (exact) mass is 286 g/mol. The lowest BCUT2D eigenvalue weighted by atomic mass is 10.1. The molecule has 0 aromatic carbocycles. The van der Waals surface area contributed by atoms with E-state index >= 15 is 0 Å². The van der Waals surface area contributed by atoms with Gasteiger partial charge in [0.05, 0.1) is 12.7 Å². The van der Waals surface area contributed by atoms with Crippen molar-refractivity contribution in [2.75, 3.05) is 13.2 Å². The minimum absolute atomic E-state index is 0.330. The third-order valence-electron chi connectivity index (χ3n) is 3.49. The number of carboxylic acid groups (broad SMARTS) is 1. The molecule has 1 aliphatic rings. The lowest BCUT2D eigenvalue weighted by Crippen LogP contribution is -2.46. The number of nitrogens with one attached hydrogen (secondary N) is 2. The van der Waals surface area contributed by atoms with Crippen molar-refractivity contribution < 1.29 is 19.4 Å². The second-order valence-corrected chi connectivity index (χ2v) is 5.21. The standard InChI is InChI=1S/C14H26N2O4/c1-2-3-8-12(13(17)18)16-14(19)15-9-10-20-11-6-4-5-7-11/h11-12H,2-10H2,1H3,(H,17,18)(H2,15,16,19). The molecule has 1 fully saturated rings. The third kappa shape index (κ3) is 6.75. The summed E-state index contributed by atoms with van der Waals surface area (Å²) in [7, 11) is 0. The molecule has 0 bridgehead atoms. The van der Waals surface area contributed by atoms with Gasteiger partial charge < -0.3 is 20.5 Å². The zero-order valence-corrected chi connectivity index (χ0v) is 12.2. The van der Waals surface area contributed by atoms with Gasteiger partial charge in [-0.1, -0.05) is 32.6 Å². The number of carbonyl (C=O) groups is 2. The summed E-state index contributed by atoms with van der Waals surface area (Å²) in [5.74, 6) is -0.990. The van der Waals surface area contributed by atoms with Gasteiger partial charge in [0.25, 0.3) is 0 Å². The summed E-state index contributed by atoms with van der Waals surface area (Å²) in [6.45, 7) is 2.87. The summed E-state index contributed by atoms with van der Waals surface area (Å²) in [5.41, 5.74) is 0. The van der Waals surface area contributed by atoms with Crippen LogP contribution in [0.15, 0.2) is 0 Å². The van der Waals surface area contributed by atoms with Gasteiger partial charge >= 0.3 is 12.0 Å². The average molecular weight is 286 g/mol. The highest BCUT2D eigenvalue weighted by Gasteiger charge is 2.19. The molecule has 1 rings (SSSR count). The van der Waals surface area contributed by atoms with Crippen LogP contribution in [0.1, 0.15) is 51.9 Å². The number of carboxylic acids is 1. The van der Waals surface area contributed by atoms with E-state index in [1.807, 2.05) is 6.92 Å². The Bertz CT molecular complexity index is 304. The molecular weight excluding hydrogens is 260 g/mol. The van der Waals surface area contributed by atoms with Gasteiger partial charge in [-0.3, -0.25) is 0 Å². The molecule has 0 radical (unpaired) electrons. The molecule has 1 saturated carbocycles. The fourth-order valence-corrected chi connectivity index (χ4v) is 2.32. The highest BCUT2D eigenvalue weighted by atomic mass is 16.5. The van der Waals surface area contributed by atoms with E-state index in [4.69, 9.17) is 9.84 Å². The molecule has 0 saturated heterocycles. The smallest absolute Gasteiger partial charge is 0.326 e. The lowest BCUT2D eigenvalue weighted by molar-refractivity contribution is -0.139. The predicted molar refractivity (Wildman–Crippen MR) is 75.7 cm³/mol. The van der Waals surface area contributed by atoms with Crippen molar-refractivity contribution in [2.24, 2.45) is 0 Å². The Hall–Kier alpha value is -1.30. The first-order chi connectivity index (χ1) is 9.63. The Kier molecular flexibility index (Phi) is 8.02. The molecule has 1 unspecified atom stereocenters. The zero-order chi connectivity index (χ0) is 14.8. The second-order valence-electron chi connectivity index (χ2n) is 5.21. The van der Waals surface area contributed by atoms with E-state index in [9.17, 15) is 9.59 Å². The maximum Gasteiger partial charge on any atom is 0.326 e. The van der Waals surface area contributed by atoms with Crippen LogP contribution in [0.2, 0.25) is 0 Å². The fraction of sp³-hybridized carbons (Fsp3) is 0.857. The molecule has 6 nitrogen and oxygen atoms in total. The van der Waals surface area contributed by atoms with Crippen molar-refractivity contribution in [3.63, 3.8) is 0 Å². The number of carbonyl (C=O) groups excluding carboxylic acids is 1. The first-order valence-corrected chi connectivity index (χ1v) is 7.52. The van der Waals surface area contributed by atoms with Gasteiger partial charge in [0.2, 0.25) is 0 Å².